The molecular formula is C23H24ClF2NO3. The average Bonchev–Trinajstić information content (AvgIpc) is 2.61. The molecule has 3 rings (SSSR count). The van der Waals surface area contributed by atoms with Gasteiger partial charge in [0, 0.05) is 10.4 Å². The van der Waals surface area contributed by atoms with Gasteiger partial charge in [-0.2, -0.15) is 0 Å². The second-order valence-corrected chi connectivity index (χ2v) is 8.34. The van der Waals surface area contributed by atoms with Crippen LogP contribution in [0.3, 0.4) is 0 Å². The van der Waals surface area contributed by atoms with Gasteiger partial charge in [-0.25, -0.2) is 13.8 Å². The van der Waals surface area contributed by atoms with E-state index in [4.69, 9.17) is 16.7 Å². The quantitative estimate of drug-likeness (QED) is 0.511. The molecule has 0 unspecified atom stereocenters. The van der Waals surface area contributed by atoms with Gasteiger partial charge in [0.1, 0.15) is 5.69 Å². The molecule has 7 heteroatoms. The number of aliphatic carboxylic acids is 1. The molecule has 3 aromatic rings. The Morgan fingerprint density at radius 1 is 1.13 bits per heavy atom. The number of hydrogen-bond acceptors (Lipinski definition) is 3. The van der Waals surface area contributed by atoms with Crippen LogP contribution in [0.1, 0.15) is 44.0 Å². The lowest BCUT2D eigenvalue weighted by molar-refractivity contribution is -0.136. The van der Waals surface area contributed by atoms with Gasteiger partial charge in [0.05, 0.1) is 17.5 Å². The molecule has 0 atom stereocenters. The third kappa shape index (κ3) is 6.47. The number of carbonyl (C=O) groups is 1. The first kappa shape index (κ1) is 23.7. The van der Waals surface area contributed by atoms with Gasteiger partial charge in [-0.05, 0) is 74.2 Å². The van der Waals surface area contributed by atoms with Crippen LogP contribution in [-0.2, 0) is 11.2 Å². The minimum absolute atomic E-state index is 0.170. The highest BCUT2D eigenvalue weighted by Gasteiger charge is 2.18. The van der Waals surface area contributed by atoms with Crippen LogP contribution in [0.2, 0.25) is 5.02 Å². The van der Waals surface area contributed by atoms with E-state index in [0.29, 0.717) is 32.6 Å². The normalized spacial score (nSPS) is 11.4. The molecule has 0 spiro atoms. The number of halogens is 3. The minimum atomic E-state index is -2.66. The van der Waals surface area contributed by atoms with Crippen molar-refractivity contribution in [2.75, 3.05) is 0 Å². The number of rotatable bonds is 4. The molecule has 30 heavy (non-hydrogen) atoms. The van der Waals surface area contributed by atoms with Crippen LogP contribution >= 0.6 is 11.6 Å². The lowest BCUT2D eigenvalue weighted by atomic mass is 9.90. The van der Waals surface area contributed by atoms with Crippen molar-refractivity contribution in [3.63, 3.8) is 0 Å². The third-order valence-electron chi connectivity index (χ3n) is 4.03. The summed E-state index contributed by atoms with van der Waals surface area (Å²) in [4.78, 5) is 15.3. The minimum Gasteiger partial charge on any atom is -0.481 e. The summed E-state index contributed by atoms with van der Waals surface area (Å²) in [7, 11) is 0. The van der Waals surface area contributed by atoms with Gasteiger partial charge in [0.25, 0.3) is 6.43 Å². The molecule has 160 valence electrons. The highest BCUT2D eigenvalue weighted by Crippen LogP contribution is 2.35. The fraction of sp³-hybridized carbons (Fsp3) is 0.304. The Morgan fingerprint density at radius 2 is 1.70 bits per heavy atom. The number of carboxylic acids is 1. The Bertz CT molecular complexity index is 1040. The summed E-state index contributed by atoms with van der Waals surface area (Å²) in [6.45, 7) is 6.99. The summed E-state index contributed by atoms with van der Waals surface area (Å²) in [6, 6.07) is 11.5. The van der Waals surface area contributed by atoms with Crippen molar-refractivity contribution in [3.05, 3.63) is 64.3 Å². The van der Waals surface area contributed by atoms with Crippen LogP contribution < -0.4 is 0 Å². The number of benzene rings is 2. The largest absolute Gasteiger partial charge is 0.481 e. The first-order valence-electron chi connectivity index (χ1n) is 9.28. The number of aliphatic hydroxyl groups is 1. The number of aromatic nitrogens is 1. The highest BCUT2D eigenvalue weighted by atomic mass is 35.5. The number of pyridine rings is 1. The molecule has 0 fully saturated rings. The van der Waals surface area contributed by atoms with Gasteiger partial charge >= 0.3 is 5.97 Å². The molecule has 0 aliphatic carbocycles. The Kier molecular flexibility index (Phi) is 7.50. The van der Waals surface area contributed by atoms with E-state index in [1.807, 2.05) is 0 Å². The highest BCUT2D eigenvalue weighted by molar-refractivity contribution is 6.30. The summed E-state index contributed by atoms with van der Waals surface area (Å²) >= 11 is 5.94. The van der Waals surface area contributed by atoms with Crippen molar-refractivity contribution in [3.8, 4) is 11.1 Å². The second kappa shape index (κ2) is 9.49. The van der Waals surface area contributed by atoms with E-state index < -0.39 is 18.0 Å². The summed E-state index contributed by atoms with van der Waals surface area (Å²) in [5.74, 6) is -0.963. The van der Waals surface area contributed by atoms with Crippen molar-refractivity contribution in [2.45, 2.75) is 46.1 Å². The Labute approximate surface area is 179 Å². The molecule has 0 saturated heterocycles. The maximum Gasteiger partial charge on any atom is 0.307 e. The van der Waals surface area contributed by atoms with Crippen LogP contribution in [0.5, 0.6) is 0 Å². The number of fused-ring (bicyclic) bond motifs is 1. The van der Waals surface area contributed by atoms with Gasteiger partial charge in [-0.15, -0.1) is 0 Å². The van der Waals surface area contributed by atoms with Crippen molar-refractivity contribution in [1.82, 2.24) is 4.98 Å². The number of aryl methyl sites for hydroxylation is 1. The van der Waals surface area contributed by atoms with Crippen LogP contribution in [0.4, 0.5) is 8.78 Å². The van der Waals surface area contributed by atoms with Crippen LogP contribution in [0.25, 0.3) is 22.0 Å². The molecule has 0 bridgehead atoms. The fourth-order valence-corrected chi connectivity index (χ4v) is 3.04. The van der Waals surface area contributed by atoms with E-state index in [1.54, 1.807) is 64.1 Å². The second-order valence-electron chi connectivity index (χ2n) is 7.90. The van der Waals surface area contributed by atoms with Crippen LogP contribution in [-0.4, -0.2) is 26.8 Å². The molecule has 0 aliphatic heterocycles. The zero-order valence-electron chi connectivity index (χ0n) is 17.2. The van der Waals surface area contributed by atoms with E-state index in [-0.39, 0.29) is 12.1 Å². The summed E-state index contributed by atoms with van der Waals surface area (Å²) in [5.41, 5.74) is 2.38. The Balaban J connectivity index is 0.000000575. The van der Waals surface area contributed by atoms with E-state index in [2.05, 4.69) is 4.98 Å². The number of alkyl halides is 2. The lowest BCUT2D eigenvalue weighted by Gasteiger charge is -2.16. The first-order chi connectivity index (χ1) is 13.9. The maximum atomic E-state index is 13.0. The predicted molar refractivity (Wildman–Crippen MR) is 115 cm³/mol. The van der Waals surface area contributed by atoms with Gasteiger partial charge in [0.2, 0.25) is 0 Å². The molecule has 0 aliphatic rings. The topological polar surface area (TPSA) is 70.4 Å². The zero-order valence-corrected chi connectivity index (χ0v) is 18.0. The predicted octanol–water partition coefficient (Wildman–Crippen LogP) is 6.21. The molecule has 1 heterocycles. The molecule has 2 aromatic carbocycles. The summed E-state index contributed by atoms with van der Waals surface area (Å²) < 4.78 is 25.9. The molecule has 4 nitrogen and oxygen atoms in total. The standard InChI is InChI=1S/C19H14ClF2NO2.C4H10O/c1-10-8-16-13(6-7-15(23-16)19(21)22)18(14(10)9-17(24)25)11-2-4-12(20)5-3-11;1-4(2,3)5/h2-8,19H,9H2,1H3,(H,24,25);5H,1-3H3. The smallest absolute Gasteiger partial charge is 0.307 e. The Hall–Kier alpha value is -2.57. The zero-order chi connectivity index (χ0) is 22.6. The van der Waals surface area contributed by atoms with Crippen molar-refractivity contribution >= 4 is 28.5 Å². The van der Waals surface area contributed by atoms with Crippen molar-refractivity contribution in [1.29, 1.82) is 0 Å². The van der Waals surface area contributed by atoms with E-state index in [0.717, 1.165) is 5.56 Å². The molecular weight excluding hydrogens is 412 g/mol. The van der Waals surface area contributed by atoms with Crippen LogP contribution in [0.15, 0.2) is 42.5 Å². The number of nitrogens with zero attached hydrogens (tertiary/aromatic N) is 1. The van der Waals surface area contributed by atoms with Gasteiger partial charge < -0.3 is 10.2 Å². The van der Waals surface area contributed by atoms with Gasteiger partial charge in [-0.3, -0.25) is 4.79 Å². The number of carboxylic acid groups (broad SMARTS) is 1. The molecule has 1 aromatic heterocycles. The first-order valence-corrected chi connectivity index (χ1v) is 9.66. The van der Waals surface area contributed by atoms with Crippen LogP contribution in [0, 0.1) is 6.92 Å². The van der Waals surface area contributed by atoms with E-state index in [9.17, 15) is 18.7 Å². The lowest BCUT2D eigenvalue weighted by Crippen LogP contribution is -2.10. The van der Waals surface area contributed by atoms with Gasteiger partial charge in [0.15, 0.2) is 0 Å². The van der Waals surface area contributed by atoms with Crippen molar-refractivity contribution < 1.29 is 23.8 Å². The molecule has 0 amide bonds. The SMILES string of the molecule is CC(C)(C)O.Cc1cc2nc(C(F)F)ccc2c(-c2ccc(Cl)cc2)c1CC(=O)O. The van der Waals surface area contributed by atoms with Gasteiger partial charge in [-0.1, -0.05) is 29.8 Å². The summed E-state index contributed by atoms with van der Waals surface area (Å²) in [6.07, 6.45) is -2.83. The molecule has 2 N–H and O–H groups in total. The van der Waals surface area contributed by atoms with E-state index >= 15 is 0 Å². The molecule has 0 saturated carbocycles. The monoisotopic (exact) mass is 435 g/mol. The molecule has 0 radical (unpaired) electrons. The third-order valence-corrected chi connectivity index (χ3v) is 4.28. The van der Waals surface area contributed by atoms with Crippen molar-refractivity contribution in [2.24, 2.45) is 0 Å². The fourth-order valence-electron chi connectivity index (χ4n) is 2.91. The summed E-state index contributed by atoms with van der Waals surface area (Å²) in [5, 5.41) is 19.0. The van der Waals surface area contributed by atoms with E-state index in [1.165, 1.54) is 6.07 Å². The Morgan fingerprint density at radius 3 is 2.20 bits per heavy atom. The average molecular weight is 436 g/mol. The number of hydrogen-bond donors (Lipinski definition) is 2. The maximum absolute atomic E-state index is 13.0.